The zero-order valence-electron chi connectivity index (χ0n) is 8.16. The summed E-state index contributed by atoms with van der Waals surface area (Å²) in [6, 6.07) is 7.10. The lowest BCUT2D eigenvalue weighted by atomic mass is 9.87. The number of rotatable bonds is 1. The Morgan fingerprint density at radius 3 is 1.92 bits per heavy atom. The van der Waals surface area contributed by atoms with Gasteiger partial charge in [-0.25, -0.2) is 0 Å². The second kappa shape index (κ2) is 3.17. The monoisotopic (exact) mass is 178 g/mol. The van der Waals surface area contributed by atoms with Crippen molar-refractivity contribution in [2.75, 3.05) is 0 Å². The molecule has 0 fully saturated rings. The van der Waals surface area contributed by atoms with E-state index in [-0.39, 0.29) is 10.3 Å². The normalized spacial score (nSPS) is 11.3. The Balaban J connectivity index is 3.01. The van der Waals surface area contributed by atoms with Gasteiger partial charge in [0, 0.05) is 12.1 Å². The maximum atomic E-state index is 10.6. The first-order valence-corrected chi connectivity index (χ1v) is 4.20. The van der Waals surface area contributed by atoms with Crippen LogP contribution >= 0.6 is 0 Å². The summed E-state index contributed by atoms with van der Waals surface area (Å²) in [5, 5.41) is 10.6. The first-order chi connectivity index (χ1) is 5.91. The van der Waals surface area contributed by atoms with Gasteiger partial charge in [-0.1, -0.05) is 37.8 Å². The van der Waals surface area contributed by atoms with Gasteiger partial charge in [-0.05, 0) is 16.5 Å². The van der Waals surface area contributed by atoms with Crippen LogP contribution in [0, 0.1) is 10.7 Å². The first kappa shape index (κ1) is 9.71. The largest absolute Gasteiger partial charge is 0.594 e. The molecule has 0 saturated carbocycles. The van der Waals surface area contributed by atoms with E-state index in [9.17, 15) is 5.21 Å². The van der Waals surface area contributed by atoms with Crippen LogP contribution in [-0.2, 0) is 5.41 Å². The molecular formula is C10H14N2O. The molecule has 0 radical (unpaired) electrons. The Kier molecular flexibility index (Phi) is 2.36. The van der Waals surface area contributed by atoms with Gasteiger partial charge < -0.3 is 5.21 Å². The molecule has 0 heterocycles. The molecule has 3 nitrogen and oxygen atoms in total. The molecule has 0 aliphatic heterocycles. The molecule has 0 aromatic heterocycles. The van der Waals surface area contributed by atoms with Crippen LogP contribution in [0.15, 0.2) is 24.3 Å². The van der Waals surface area contributed by atoms with Gasteiger partial charge in [0.2, 0.25) is 5.69 Å². The van der Waals surface area contributed by atoms with Crippen LogP contribution in [0.2, 0.25) is 0 Å². The highest BCUT2D eigenvalue weighted by Crippen LogP contribution is 2.23. The maximum absolute atomic E-state index is 10.6. The zero-order valence-corrected chi connectivity index (χ0v) is 8.16. The fourth-order valence-electron chi connectivity index (χ4n) is 1.10. The number of hydrogen-bond donors (Lipinski definition) is 1. The second-order valence-electron chi connectivity index (χ2n) is 4.09. The lowest BCUT2D eigenvalue weighted by Gasteiger charge is -2.18. The number of benzene rings is 1. The minimum atomic E-state index is 0.0915. The van der Waals surface area contributed by atoms with Crippen molar-refractivity contribution < 1.29 is 4.86 Å². The molecule has 1 N–H and O–H groups in total. The highest BCUT2D eigenvalue weighted by Gasteiger charge is 2.13. The van der Waals surface area contributed by atoms with Crippen molar-refractivity contribution in [1.29, 1.82) is 5.53 Å². The number of nitrogens with one attached hydrogen (secondary N) is 1. The highest BCUT2D eigenvalue weighted by molar-refractivity contribution is 5.35. The first-order valence-electron chi connectivity index (χ1n) is 4.20. The lowest BCUT2D eigenvalue weighted by molar-refractivity contribution is -0.465. The van der Waals surface area contributed by atoms with Crippen LogP contribution in [0.25, 0.3) is 0 Å². The van der Waals surface area contributed by atoms with Crippen molar-refractivity contribution in [3.63, 3.8) is 0 Å². The highest BCUT2D eigenvalue weighted by atomic mass is 16.5. The summed E-state index contributed by atoms with van der Waals surface area (Å²) < 4.78 is 0. The molecule has 0 aliphatic carbocycles. The van der Waals surface area contributed by atoms with E-state index in [4.69, 9.17) is 5.53 Å². The van der Waals surface area contributed by atoms with Crippen LogP contribution in [0.3, 0.4) is 0 Å². The fourth-order valence-corrected chi connectivity index (χ4v) is 1.10. The smallest absolute Gasteiger partial charge is 0.244 e. The van der Waals surface area contributed by atoms with E-state index in [1.54, 1.807) is 12.1 Å². The van der Waals surface area contributed by atoms with Crippen LogP contribution in [0.4, 0.5) is 5.69 Å². The fraction of sp³-hybridized carbons (Fsp3) is 0.400. The molecular weight excluding hydrogens is 164 g/mol. The van der Waals surface area contributed by atoms with Crippen molar-refractivity contribution >= 4 is 5.69 Å². The van der Waals surface area contributed by atoms with Gasteiger partial charge in [-0.2, -0.15) is 0 Å². The molecule has 0 atom stereocenters. The molecule has 1 aromatic carbocycles. The topological polar surface area (TPSA) is 49.9 Å². The Bertz CT molecular complexity index is 309. The second-order valence-corrected chi connectivity index (χ2v) is 4.09. The van der Waals surface area contributed by atoms with Gasteiger partial charge in [0.1, 0.15) is 0 Å². The molecule has 0 unspecified atom stereocenters. The van der Waals surface area contributed by atoms with Gasteiger partial charge in [-0.3, -0.25) is 0 Å². The van der Waals surface area contributed by atoms with Gasteiger partial charge in [-0.15, -0.1) is 0 Å². The third-order valence-electron chi connectivity index (χ3n) is 1.97. The summed E-state index contributed by atoms with van der Waals surface area (Å²) in [6.45, 7) is 6.33. The molecule has 3 heteroatoms. The molecule has 0 saturated heterocycles. The standard InChI is InChI=1S/C10H14N2O/c1-10(2,3)8-4-6-9(7-5-8)12(11)13/h4-7,11H,1-3H3. The summed E-state index contributed by atoms with van der Waals surface area (Å²) in [5.74, 6) is 0. The molecule has 0 bridgehead atoms. The molecule has 0 amide bonds. The van der Waals surface area contributed by atoms with Crippen LogP contribution < -0.4 is 0 Å². The number of nitrogens with zero attached hydrogens (tertiary/aromatic N) is 1. The van der Waals surface area contributed by atoms with E-state index < -0.39 is 0 Å². The van der Waals surface area contributed by atoms with Crippen molar-refractivity contribution in [2.45, 2.75) is 26.2 Å². The summed E-state index contributed by atoms with van der Waals surface area (Å²) in [6.07, 6.45) is 0. The third-order valence-corrected chi connectivity index (χ3v) is 1.97. The Morgan fingerprint density at radius 1 is 1.15 bits per heavy atom. The Morgan fingerprint density at radius 2 is 1.62 bits per heavy atom. The predicted molar refractivity (Wildman–Crippen MR) is 51.1 cm³/mol. The van der Waals surface area contributed by atoms with Crippen LogP contribution in [0.1, 0.15) is 26.3 Å². The zero-order chi connectivity index (χ0) is 10.1. The average Bonchev–Trinajstić information content (AvgIpc) is 2.03. The Hall–Kier alpha value is -1.38. The van der Waals surface area contributed by atoms with Gasteiger partial charge in [0.05, 0.1) is 0 Å². The lowest BCUT2D eigenvalue weighted by Crippen LogP contribution is -2.10. The minimum absolute atomic E-state index is 0.0915. The van der Waals surface area contributed by atoms with E-state index >= 15 is 0 Å². The third kappa shape index (κ3) is 2.28. The molecule has 70 valence electrons. The van der Waals surface area contributed by atoms with Crippen molar-refractivity contribution in [2.24, 2.45) is 0 Å². The predicted octanol–water partition coefficient (Wildman–Crippen LogP) is 3.16. The van der Waals surface area contributed by atoms with Gasteiger partial charge >= 0.3 is 0 Å². The maximum Gasteiger partial charge on any atom is 0.244 e. The molecule has 1 aromatic rings. The Labute approximate surface area is 78.1 Å². The molecule has 0 aliphatic rings. The molecule has 13 heavy (non-hydrogen) atoms. The summed E-state index contributed by atoms with van der Waals surface area (Å²) in [5.41, 5.74) is 8.45. The SMILES string of the molecule is CC(C)(C)c1ccc([N+](=N)[O-])cc1. The van der Waals surface area contributed by atoms with E-state index in [1.165, 1.54) is 0 Å². The van der Waals surface area contributed by atoms with E-state index in [0.717, 1.165) is 5.56 Å². The van der Waals surface area contributed by atoms with Crippen molar-refractivity contribution in [1.82, 2.24) is 0 Å². The number of hydrogen-bond acceptors (Lipinski definition) is 2. The van der Waals surface area contributed by atoms with Gasteiger partial charge in [0.15, 0.2) is 0 Å². The average molecular weight is 178 g/mol. The summed E-state index contributed by atoms with van der Waals surface area (Å²) in [7, 11) is 0. The molecule has 0 spiro atoms. The minimum Gasteiger partial charge on any atom is -0.594 e. The summed E-state index contributed by atoms with van der Waals surface area (Å²) >= 11 is 0. The van der Waals surface area contributed by atoms with E-state index in [0.29, 0.717) is 5.69 Å². The van der Waals surface area contributed by atoms with E-state index in [2.05, 4.69) is 20.8 Å². The van der Waals surface area contributed by atoms with E-state index in [1.807, 2.05) is 12.1 Å². The van der Waals surface area contributed by atoms with Crippen molar-refractivity contribution in [3.05, 3.63) is 35.0 Å². The van der Waals surface area contributed by atoms with Crippen molar-refractivity contribution in [3.8, 4) is 0 Å². The van der Waals surface area contributed by atoms with Crippen LogP contribution in [-0.4, -0.2) is 4.86 Å². The molecule has 1 rings (SSSR count). The van der Waals surface area contributed by atoms with Gasteiger partial charge in [0.25, 0.3) is 0 Å². The summed E-state index contributed by atoms with van der Waals surface area (Å²) in [4.78, 5) is 0.117. The van der Waals surface area contributed by atoms with Crippen LogP contribution in [0.5, 0.6) is 0 Å². The quantitative estimate of drug-likeness (QED) is 0.401.